The van der Waals surface area contributed by atoms with Gasteiger partial charge in [-0.1, -0.05) is 67.4 Å². The Hall–Kier alpha value is -4.03. The lowest BCUT2D eigenvalue weighted by molar-refractivity contribution is -0.119. The fourth-order valence-electron chi connectivity index (χ4n) is 4.79. The van der Waals surface area contributed by atoms with Crippen molar-refractivity contribution in [2.45, 2.75) is 25.8 Å². The molecule has 0 fully saturated rings. The number of rotatable bonds is 7. The number of carbonyl (C=O) groups excluding carboxylic acids is 2. The van der Waals surface area contributed by atoms with Crippen molar-refractivity contribution in [2.24, 2.45) is 0 Å². The topological polar surface area (TPSA) is 57.6 Å². The normalized spacial score (nSPS) is 14.0. The molecule has 7 heteroatoms. The van der Waals surface area contributed by atoms with Crippen LogP contribution >= 0.6 is 11.6 Å². The molecule has 1 aliphatic rings. The van der Waals surface area contributed by atoms with E-state index < -0.39 is 0 Å². The SMILES string of the molecule is CCCCN(CC(=O)N1c2ccccc2-n2cccc2C1c1ccc(Cl)cc1)C(=O)Nc1ccccc1. The fraction of sp³-hybridized carbons (Fsp3) is 0.200. The van der Waals surface area contributed by atoms with E-state index in [1.165, 1.54) is 0 Å². The van der Waals surface area contributed by atoms with Crippen LogP contribution in [0.4, 0.5) is 16.2 Å². The summed E-state index contributed by atoms with van der Waals surface area (Å²) in [7, 11) is 0. The molecule has 6 nitrogen and oxygen atoms in total. The van der Waals surface area contributed by atoms with Gasteiger partial charge in [0.05, 0.1) is 17.1 Å². The Kier molecular flexibility index (Phi) is 7.28. The van der Waals surface area contributed by atoms with Crippen molar-refractivity contribution in [3.05, 3.63) is 113 Å². The van der Waals surface area contributed by atoms with Crippen molar-refractivity contribution < 1.29 is 9.59 Å². The van der Waals surface area contributed by atoms with Crippen LogP contribution in [0.3, 0.4) is 0 Å². The minimum atomic E-state index is -0.361. The van der Waals surface area contributed by atoms with E-state index in [-0.39, 0.29) is 24.5 Å². The monoisotopic (exact) mass is 512 g/mol. The highest BCUT2D eigenvalue weighted by atomic mass is 35.5. The Bertz CT molecular complexity index is 1380. The van der Waals surface area contributed by atoms with E-state index in [9.17, 15) is 9.59 Å². The van der Waals surface area contributed by atoms with E-state index in [2.05, 4.69) is 16.8 Å². The van der Waals surface area contributed by atoms with E-state index in [0.717, 1.165) is 35.5 Å². The van der Waals surface area contributed by atoms with Crippen LogP contribution < -0.4 is 10.2 Å². The van der Waals surface area contributed by atoms with Crippen LogP contribution in [-0.2, 0) is 4.79 Å². The standard InChI is InChI=1S/C30H29ClN4O2/c1-2-3-19-33(30(37)32-24-10-5-4-6-11-24)21-28(36)35-26-13-8-7-12-25(26)34-20-9-14-27(34)29(35)22-15-17-23(31)18-16-22/h4-18,20,29H,2-3,19,21H2,1H3,(H,32,37). The fourth-order valence-corrected chi connectivity index (χ4v) is 4.91. The second-order valence-electron chi connectivity index (χ2n) is 9.08. The largest absolute Gasteiger partial charge is 0.322 e. The summed E-state index contributed by atoms with van der Waals surface area (Å²) in [4.78, 5) is 30.8. The van der Waals surface area contributed by atoms with Gasteiger partial charge in [0.15, 0.2) is 0 Å². The minimum Gasteiger partial charge on any atom is -0.316 e. The molecule has 2 heterocycles. The molecule has 1 atom stereocenters. The Morgan fingerprint density at radius 1 is 0.892 bits per heavy atom. The Labute approximate surface area is 222 Å². The predicted molar refractivity (Wildman–Crippen MR) is 148 cm³/mol. The first kappa shape index (κ1) is 24.7. The van der Waals surface area contributed by atoms with Gasteiger partial charge >= 0.3 is 6.03 Å². The number of nitrogens with zero attached hydrogens (tertiary/aromatic N) is 3. The third-order valence-corrected chi connectivity index (χ3v) is 6.85. The second-order valence-corrected chi connectivity index (χ2v) is 9.52. The van der Waals surface area contributed by atoms with Crippen LogP contribution in [0, 0.1) is 0 Å². The smallest absolute Gasteiger partial charge is 0.316 e. The molecule has 4 aromatic rings. The van der Waals surface area contributed by atoms with Gasteiger partial charge in [-0.25, -0.2) is 4.79 Å². The van der Waals surface area contributed by atoms with Crippen LogP contribution in [0.15, 0.2) is 97.2 Å². The Morgan fingerprint density at radius 3 is 2.32 bits per heavy atom. The van der Waals surface area contributed by atoms with Gasteiger partial charge in [0.1, 0.15) is 12.6 Å². The molecule has 37 heavy (non-hydrogen) atoms. The number of carbonyl (C=O) groups is 2. The number of halogens is 1. The van der Waals surface area contributed by atoms with E-state index in [0.29, 0.717) is 17.3 Å². The number of hydrogen-bond donors (Lipinski definition) is 1. The number of nitrogens with one attached hydrogen (secondary N) is 1. The number of urea groups is 1. The van der Waals surface area contributed by atoms with Crippen LogP contribution in [0.5, 0.6) is 0 Å². The molecule has 0 bridgehead atoms. The van der Waals surface area contributed by atoms with Crippen molar-refractivity contribution in [3.8, 4) is 5.69 Å². The lowest BCUT2D eigenvalue weighted by Crippen LogP contribution is -2.48. The van der Waals surface area contributed by atoms with Gasteiger partial charge in [0.2, 0.25) is 5.91 Å². The highest BCUT2D eigenvalue weighted by molar-refractivity contribution is 6.30. The maximum Gasteiger partial charge on any atom is 0.322 e. The van der Waals surface area contributed by atoms with Crippen molar-refractivity contribution in [1.29, 1.82) is 0 Å². The summed E-state index contributed by atoms with van der Waals surface area (Å²) >= 11 is 6.19. The van der Waals surface area contributed by atoms with Crippen LogP contribution in [0.1, 0.15) is 37.1 Å². The van der Waals surface area contributed by atoms with Gasteiger partial charge < -0.3 is 14.8 Å². The Balaban J connectivity index is 1.51. The van der Waals surface area contributed by atoms with Crippen LogP contribution in [0.25, 0.3) is 5.69 Å². The van der Waals surface area contributed by atoms with Gasteiger partial charge in [-0.2, -0.15) is 0 Å². The zero-order valence-corrected chi connectivity index (χ0v) is 21.4. The molecule has 5 rings (SSSR count). The summed E-state index contributed by atoms with van der Waals surface area (Å²) in [5.74, 6) is -0.154. The molecule has 3 aromatic carbocycles. The van der Waals surface area contributed by atoms with Gasteiger partial charge in [0, 0.05) is 23.5 Å². The molecule has 1 aromatic heterocycles. The summed E-state index contributed by atoms with van der Waals surface area (Å²) in [5, 5.41) is 3.57. The van der Waals surface area contributed by atoms with E-state index in [4.69, 9.17) is 11.6 Å². The van der Waals surface area contributed by atoms with Crippen molar-refractivity contribution in [2.75, 3.05) is 23.3 Å². The third kappa shape index (κ3) is 5.11. The average Bonchev–Trinajstić information content (AvgIpc) is 3.41. The number of aromatic nitrogens is 1. The first-order valence-corrected chi connectivity index (χ1v) is 12.9. The van der Waals surface area contributed by atoms with Crippen molar-refractivity contribution in [1.82, 2.24) is 9.47 Å². The lowest BCUT2D eigenvalue weighted by Gasteiger charge is -2.39. The zero-order valence-electron chi connectivity index (χ0n) is 20.7. The molecule has 188 valence electrons. The molecule has 1 unspecified atom stereocenters. The van der Waals surface area contributed by atoms with Gasteiger partial charge in [-0.05, 0) is 60.5 Å². The average molecular weight is 513 g/mol. The van der Waals surface area contributed by atoms with Crippen molar-refractivity contribution >= 4 is 34.9 Å². The molecular weight excluding hydrogens is 484 g/mol. The van der Waals surface area contributed by atoms with E-state index >= 15 is 0 Å². The number of unbranched alkanes of at least 4 members (excludes halogenated alkanes) is 1. The second kappa shape index (κ2) is 10.9. The number of hydrogen-bond acceptors (Lipinski definition) is 2. The molecule has 0 radical (unpaired) electrons. The highest BCUT2D eigenvalue weighted by Crippen LogP contribution is 2.42. The molecule has 0 saturated carbocycles. The molecule has 0 aliphatic carbocycles. The van der Waals surface area contributed by atoms with Crippen molar-refractivity contribution in [3.63, 3.8) is 0 Å². The van der Waals surface area contributed by atoms with Crippen LogP contribution in [0.2, 0.25) is 5.02 Å². The molecule has 3 amide bonds. The zero-order chi connectivity index (χ0) is 25.8. The predicted octanol–water partition coefficient (Wildman–Crippen LogP) is 6.90. The minimum absolute atomic E-state index is 0.0438. The third-order valence-electron chi connectivity index (χ3n) is 6.59. The number of fused-ring (bicyclic) bond motifs is 3. The number of benzene rings is 3. The van der Waals surface area contributed by atoms with Gasteiger partial charge in [-0.3, -0.25) is 9.69 Å². The summed E-state index contributed by atoms with van der Waals surface area (Å²) < 4.78 is 2.12. The maximum atomic E-state index is 14.1. The van der Waals surface area contributed by atoms with Crippen LogP contribution in [-0.4, -0.2) is 34.5 Å². The molecule has 1 aliphatic heterocycles. The summed E-state index contributed by atoms with van der Waals surface area (Å²) in [6.45, 7) is 2.51. The maximum absolute atomic E-state index is 14.1. The lowest BCUT2D eigenvalue weighted by atomic mass is 9.97. The van der Waals surface area contributed by atoms with Gasteiger partial charge in [0.25, 0.3) is 0 Å². The molecule has 0 spiro atoms. The number of anilines is 2. The first-order chi connectivity index (χ1) is 18.1. The number of amides is 3. The summed E-state index contributed by atoms with van der Waals surface area (Å²) in [6.07, 6.45) is 3.73. The van der Waals surface area contributed by atoms with E-state index in [1.807, 2.05) is 102 Å². The van der Waals surface area contributed by atoms with E-state index in [1.54, 1.807) is 4.90 Å². The molecule has 0 saturated heterocycles. The Morgan fingerprint density at radius 2 is 1.59 bits per heavy atom. The number of para-hydroxylation sites is 3. The summed E-state index contributed by atoms with van der Waals surface area (Å²) in [6, 6.07) is 28.1. The quantitative estimate of drug-likeness (QED) is 0.293. The molecule has 1 N–H and O–H groups in total. The highest BCUT2D eigenvalue weighted by Gasteiger charge is 2.36. The van der Waals surface area contributed by atoms with Gasteiger partial charge in [-0.15, -0.1) is 0 Å². The molecular formula is C30H29ClN4O2. The first-order valence-electron chi connectivity index (χ1n) is 12.5. The summed E-state index contributed by atoms with van der Waals surface area (Å²) in [5.41, 5.74) is 4.34.